The van der Waals surface area contributed by atoms with Crippen molar-refractivity contribution < 1.29 is 29.3 Å². The highest BCUT2D eigenvalue weighted by Gasteiger charge is 2.62. The van der Waals surface area contributed by atoms with Gasteiger partial charge in [0.15, 0.2) is 0 Å². The molecule has 10 unspecified atom stereocenters. The minimum absolute atomic E-state index is 0.173. The van der Waals surface area contributed by atoms with E-state index in [1.807, 2.05) is 13.8 Å². The molecule has 0 aromatic heterocycles. The number of carbonyl (C=O) groups excluding carboxylic acids is 2. The minimum Gasteiger partial charge on any atom is -0.465 e. The summed E-state index contributed by atoms with van der Waals surface area (Å²) in [4.78, 5) is 24.0. The van der Waals surface area contributed by atoms with Crippen molar-refractivity contribution in [3.05, 3.63) is 0 Å². The molecule has 4 aliphatic carbocycles. The highest BCUT2D eigenvalue weighted by Crippen LogP contribution is 2.67. The number of aliphatic hydroxyl groups excluding tert-OH is 2. The monoisotopic (exact) mass is 492 g/mol. The Morgan fingerprint density at radius 1 is 1.00 bits per heavy atom. The van der Waals surface area contributed by atoms with Crippen molar-refractivity contribution in [1.29, 1.82) is 0 Å². The van der Waals surface area contributed by atoms with Crippen molar-refractivity contribution in [2.24, 2.45) is 40.4 Å². The van der Waals surface area contributed by atoms with Gasteiger partial charge in [-0.25, -0.2) is 0 Å². The van der Waals surface area contributed by atoms with E-state index >= 15 is 0 Å². The molecule has 0 spiro atoms. The molecule has 1 aliphatic heterocycles. The van der Waals surface area contributed by atoms with Gasteiger partial charge in [0.25, 0.3) is 0 Å². The Hall–Kier alpha value is -1.14. The number of carbonyl (C=O) groups is 2. The van der Waals surface area contributed by atoms with E-state index in [-0.39, 0.29) is 47.5 Å². The predicted molar refractivity (Wildman–Crippen MR) is 133 cm³/mol. The zero-order valence-electron chi connectivity index (χ0n) is 22.3. The van der Waals surface area contributed by atoms with E-state index in [1.54, 1.807) is 0 Å². The first-order valence-electron chi connectivity index (χ1n) is 14.4. The van der Waals surface area contributed by atoms with Crippen molar-refractivity contribution >= 4 is 11.9 Å². The zero-order valence-corrected chi connectivity index (χ0v) is 22.3. The molecule has 5 rings (SSSR count). The van der Waals surface area contributed by atoms with Crippen LogP contribution < -0.4 is 0 Å². The van der Waals surface area contributed by atoms with E-state index < -0.39 is 0 Å². The smallest absolute Gasteiger partial charge is 0.309 e. The summed E-state index contributed by atoms with van der Waals surface area (Å²) in [5, 5.41) is 21.6. The molecule has 6 heteroatoms. The molecule has 2 N–H and O–H groups in total. The second-order valence-corrected chi connectivity index (χ2v) is 12.4. The summed E-state index contributed by atoms with van der Waals surface area (Å²) >= 11 is 0. The van der Waals surface area contributed by atoms with Crippen LogP contribution in [0, 0.1) is 40.4 Å². The minimum atomic E-state index is -0.332. The van der Waals surface area contributed by atoms with Gasteiger partial charge in [-0.15, -0.1) is 0 Å². The molecule has 6 nitrogen and oxygen atoms in total. The lowest BCUT2D eigenvalue weighted by atomic mass is 9.44. The number of rotatable bonds is 4. The average Bonchev–Trinajstić information content (AvgIpc) is 3.16. The Kier molecular flexibility index (Phi) is 8.22. The van der Waals surface area contributed by atoms with E-state index in [1.165, 1.54) is 6.42 Å². The van der Waals surface area contributed by atoms with Crippen LogP contribution in [-0.4, -0.2) is 47.1 Å². The Morgan fingerprint density at radius 3 is 2.46 bits per heavy atom. The number of fused-ring (bicyclic) bond motifs is 5. The number of cyclic esters (lactones) is 1. The lowest BCUT2D eigenvalue weighted by Crippen LogP contribution is -2.58. The van der Waals surface area contributed by atoms with Gasteiger partial charge in [-0.3, -0.25) is 9.59 Å². The topological polar surface area (TPSA) is 93.1 Å². The third kappa shape index (κ3) is 5.03. The summed E-state index contributed by atoms with van der Waals surface area (Å²) in [5.74, 6) is 1.87. The van der Waals surface area contributed by atoms with Gasteiger partial charge in [0.2, 0.25) is 0 Å². The molecular weight excluding hydrogens is 444 g/mol. The summed E-state index contributed by atoms with van der Waals surface area (Å²) in [5.41, 5.74) is 0.419. The summed E-state index contributed by atoms with van der Waals surface area (Å²) in [6, 6.07) is 0. The highest BCUT2D eigenvalue weighted by atomic mass is 16.6. The average molecular weight is 493 g/mol. The van der Waals surface area contributed by atoms with Crippen LogP contribution in [0.4, 0.5) is 0 Å². The van der Waals surface area contributed by atoms with Gasteiger partial charge >= 0.3 is 11.9 Å². The van der Waals surface area contributed by atoms with Crippen molar-refractivity contribution in [2.45, 2.75) is 123 Å². The van der Waals surface area contributed by atoms with Crippen LogP contribution in [0.1, 0.15) is 105 Å². The Bertz CT molecular complexity index is 768. The van der Waals surface area contributed by atoms with Crippen molar-refractivity contribution in [3.63, 3.8) is 0 Å². The van der Waals surface area contributed by atoms with Crippen molar-refractivity contribution in [3.8, 4) is 0 Å². The summed E-state index contributed by atoms with van der Waals surface area (Å²) in [6.07, 6.45) is 9.48. The maximum absolute atomic E-state index is 12.5. The Morgan fingerprint density at radius 2 is 1.71 bits per heavy atom. The van der Waals surface area contributed by atoms with Crippen molar-refractivity contribution in [1.82, 2.24) is 0 Å². The quantitative estimate of drug-likeness (QED) is 0.535. The van der Waals surface area contributed by atoms with Gasteiger partial charge in [0, 0.05) is 12.8 Å². The molecule has 200 valence electrons. The van der Waals surface area contributed by atoms with E-state index in [0.717, 1.165) is 51.4 Å². The highest BCUT2D eigenvalue weighted by molar-refractivity contribution is 5.73. The molecule has 0 amide bonds. The molecule has 0 radical (unpaired) electrons. The van der Waals surface area contributed by atoms with Crippen LogP contribution in [-0.2, 0) is 19.1 Å². The molecule has 1 saturated heterocycles. The van der Waals surface area contributed by atoms with Gasteiger partial charge in [0.1, 0.15) is 6.10 Å². The number of ether oxygens (including phenoxy) is 2. The van der Waals surface area contributed by atoms with Gasteiger partial charge in [-0.05, 0) is 98.2 Å². The zero-order chi connectivity index (χ0) is 25.4. The van der Waals surface area contributed by atoms with Crippen LogP contribution in [0.5, 0.6) is 0 Å². The van der Waals surface area contributed by atoms with Crippen LogP contribution in [0.3, 0.4) is 0 Å². The summed E-state index contributed by atoms with van der Waals surface area (Å²) in [6.45, 7) is 9.20. The lowest BCUT2D eigenvalue weighted by molar-refractivity contribution is -0.173. The molecule has 10 atom stereocenters. The fourth-order valence-electron chi connectivity index (χ4n) is 9.07. The largest absolute Gasteiger partial charge is 0.465 e. The van der Waals surface area contributed by atoms with Crippen LogP contribution in [0.2, 0.25) is 0 Å². The molecule has 35 heavy (non-hydrogen) atoms. The van der Waals surface area contributed by atoms with E-state index in [0.29, 0.717) is 49.0 Å². The molecule has 4 saturated carbocycles. The fourth-order valence-corrected chi connectivity index (χ4v) is 9.07. The first-order valence-corrected chi connectivity index (χ1v) is 14.4. The van der Waals surface area contributed by atoms with E-state index in [2.05, 4.69) is 13.8 Å². The summed E-state index contributed by atoms with van der Waals surface area (Å²) in [7, 11) is 0. The maximum Gasteiger partial charge on any atom is 0.309 e. The Balaban J connectivity index is 0.00000141. The SMILES string of the molecule is CC.CC12CCC3C(C(O)CC4CC(O)CCC43C)C1CCC2CCC(=O)OC1CCOC(=O)C1. The number of hydrogen-bond acceptors (Lipinski definition) is 6. The fraction of sp³-hybridized carbons (Fsp3) is 0.931. The third-order valence-corrected chi connectivity index (χ3v) is 10.9. The number of esters is 2. The van der Waals surface area contributed by atoms with E-state index in [9.17, 15) is 19.8 Å². The molecule has 5 fully saturated rings. The predicted octanol–water partition coefficient (Wildman–Crippen LogP) is 5.03. The molecular formula is C29H48O6. The normalized spacial score (nSPS) is 46.7. The molecule has 0 aromatic carbocycles. The van der Waals surface area contributed by atoms with Gasteiger partial charge in [-0.2, -0.15) is 0 Å². The van der Waals surface area contributed by atoms with Crippen LogP contribution in [0.15, 0.2) is 0 Å². The second kappa shape index (κ2) is 10.7. The first kappa shape index (κ1) is 26.9. The lowest BCUT2D eigenvalue weighted by Gasteiger charge is -2.62. The van der Waals surface area contributed by atoms with E-state index in [4.69, 9.17) is 9.47 Å². The summed E-state index contributed by atoms with van der Waals surface area (Å²) < 4.78 is 10.5. The van der Waals surface area contributed by atoms with Gasteiger partial charge in [0.05, 0.1) is 25.2 Å². The molecule has 0 bridgehead atoms. The second-order valence-electron chi connectivity index (χ2n) is 12.4. The van der Waals surface area contributed by atoms with Crippen LogP contribution in [0.25, 0.3) is 0 Å². The Labute approximate surface area is 211 Å². The van der Waals surface area contributed by atoms with Crippen molar-refractivity contribution in [2.75, 3.05) is 6.61 Å². The molecule has 0 aromatic rings. The standard InChI is InChI=1S/C27H42O6.C2H6/c1-26-11-8-21-25(22(29)14-17-13-18(28)7-10-27(17,21)2)20(26)5-3-16(26)4-6-23(30)33-19-9-12-32-24(31)15-19;1-2/h16-22,25,28-29H,3-15H2,1-2H3;1-2H3. The number of aliphatic hydroxyl groups is 2. The number of hydrogen-bond donors (Lipinski definition) is 2. The van der Waals surface area contributed by atoms with Gasteiger partial charge in [-0.1, -0.05) is 27.7 Å². The van der Waals surface area contributed by atoms with Crippen LogP contribution >= 0.6 is 0 Å². The first-order chi connectivity index (χ1) is 16.7. The third-order valence-electron chi connectivity index (χ3n) is 10.9. The molecule has 1 heterocycles. The molecule has 5 aliphatic rings. The van der Waals surface area contributed by atoms with Gasteiger partial charge < -0.3 is 19.7 Å². The maximum atomic E-state index is 12.5.